The standard InChI is InChI=1S/C32H49N3O6/c1-7-40-22-14-12-21(13-15-22)33-27(37)24-23-16-17-32(41-23)25(24)29(39)35(18-10-8-9-11-19-36)26(32)28(38)34-31(5,6)20-30(2,3)4/h12-15,23-26,36H,7-11,16-20H2,1-6H3,(H,33,37)(H,34,38)/t23-,24+,25-,26?,32?/m0/s1. The van der Waals surface area contributed by atoms with Crippen molar-refractivity contribution >= 4 is 23.4 Å². The number of nitrogens with zero attached hydrogens (tertiary/aromatic N) is 1. The van der Waals surface area contributed by atoms with Crippen LogP contribution in [0, 0.1) is 17.3 Å². The number of amides is 3. The monoisotopic (exact) mass is 571 g/mol. The van der Waals surface area contributed by atoms with Crippen LogP contribution in [-0.2, 0) is 19.1 Å². The second-order valence-corrected chi connectivity index (χ2v) is 13.8. The minimum Gasteiger partial charge on any atom is -0.494 e. The summed E-state index contributed by atoms with van der Waals surface area (Å²) in [5, 5.41) is 15.4. The largest absolute Gasteiger partial charge is 0.494 e. The van der Waals surface area contributed by atoms with Gasteiger partial charge in [0.05, 0.1) is 24.5 Å². The van der Waals surface area contributed by atoms with Gasteiger partial charge in [-0.25, -0.2) is 0 Å². The molecule has 9 heteroatoms. The number of aliphatic hydroxyl groups excluding tert-OH is 1. The number of hydrogen-bond acceptors (Lipinski definition) is 6. The Morgan fingerprint density at radius 2 is 1.76 bits per heavy atom. The average molecular weight is 572 g/mol. The van der Waals surface area contributed by atoms with E-state index < -0.39 is 35.1 Å². The molecule has 3 aliphatic heterocycles. The molecule has 0 aliphatic carbocycles. The lowest BCUT2D eigenvalue weighted by Crippen LogP contribution is -2.59. The molecule has 3 saturated heterocycles. The van der Waals surface area contributed by atoms with E-state index in [2.05, 4.69) is 31.4 Å². The van der Waals surface area contributed by atoms with Crippen molar-refractivity contribution in [2.24, 2.45) is 17.3 Å². The molecule has 2 bridgehead atoms. The molecule has 0 saturated carbocycles. The van der Waals surface area contributed by atoms with Crippen LogP contribution in [0.2, 0.25) is 0 Å². The van der Waals surface area contributed by atoms with Crippen LogP contribution in [0.1, 0.15) is 86.5 Å². The van der Waals surface area contributed by atoms with Crippen molar-refractivity contribution in [3.8, 4) is 5.75 Å². The number of rotatable bonds is 13. The highest BCUT2D eigenvalue weighted by Crippen LogP contribution is 2.58. The number of anilines is 1. The zero-order chi connectivity index (χ0) is 30.0. The van der Waals surface area contributed by atoms with Gasteiger partial charge in [0.2, 0.25) is 17.7 Å². The number of aliphatic hydroxyl groups is 1. The van der Waals surface area contributed by atoms with Crippen LogP contribution in [0.3, 0.4) is 0 Å². The van der Waals surface area contributed by atoms with Crippen molar-refractivity contribution < 1.29 is 29.0 Å². The number of nitrogens with one attached hydrogen (secondary N) is 2. The van der Waals surface area contributed by atoms with E-state index in [0.717, 1.165) is 31.4 Å². The number of benzene rings is 1. The quantitative estimate of drug-likeness (QED) is 0.304. The predicted octanol–water partition coefficient (Wildman–Crippen LogP) is 4.28. The summed E-state index contributed by atoms with van der Waals surface area (Å²) in [6.07, 6.45) is 4.69. The Morgan fingerprint density at radius 1 is 1.07 bits per heavy atom. The molecule has 3 N–H and O–H groups in total. The van der Waals surface area contributed by atoms with E-state index in [4.69, 9.17) is 14.6 Å². The number of hydrogen-bond donors (Lipinski definition) is 3. The Labute approximate surface area is 244 Å². The third-order valence-corrected chi connectivity index (χ3v) is 8.53. The number of unbranched alkanes of at least 4 members (excludes halogenated alkanes) is 3. The van der Waals surface area contributed by atoms with Gasteiger partial charge in [-0.1, -0.05) is 33.6 Å². The predicted molar refractivity (Wildman–Crippen MR) is 157 cm³/mol. The molecule has 228 valence electrons. The third-order valence-electron chi connectivity index (χ3n) is 8.53. The lowest BCUT2D eigenvalue weighted by molar-refractivity contribution is -0.142. The fraction of sp³-hybridized carbons (Fsp3) is 0.719. The molecule has 41 heavy (non-hydrogen) atoms. The molecule has 4 rings (SSSR count). The molecule has 0 radical (unpaired) electrons. The molecule has 3 fully saturated rings. The molecular weight excluding hydrogens is 522 g/mol. The summed E-state index contributed by atoms with van der Waals surface area (Å²) in [6, 6.07) is 6.39. The smallest absolute Gasteiger partial charge is 0.246 e. The van der Waals surface area contributed by atoms with Crippen LogP contribution in [0.5, 0.6) is 5.75 Å². The second-order valence-electron chi connectivity index (χ2n) is 13.8. The molecule has 3 amide bonds. The van der Waals surface area contributed by atoms with Crippen molar-refractivity contribution in [2.75, 3.05) is 25.1 Å². The van der Waals surface area contributed by atoms with Crippen LogP contribution in [0.4, 0.5) is 5.69 Å². The lowest BCUT2D eigenvalue weighted by Gasteiger charge is -2.38. The summed E-state index contributed by atoms with van der Waals surface area (Å²) in [6.45, 7) is 13.5. The van der Waals surface area contributed by atoms with E-state index >= 15 is 0 Å². The highest BCUT2D eigenvalue weighted by Gasteiger charge is 2.74. The van der Waals surface area contributed by atoms with Gasteiger partial charge in [0.25, 0.3) is 0 Å². The Hall–Kier alpha value is -2.65. The summed E-state index contributed by atoms with van der Waals surface area (Å²) < 4.78 is 12.1. The number of carbonyl (C=O) groups excluding carboxylic acids is 3. The fourth-order valence-corrected chi connectivity index (χ4v) is 7.54. The Kier molecular flexibility index (Phi) is 9.38. The summed E-state index contributed by atoms with van der Waals surface area (Å²) in [4.78, 5) is 43.6. The van der Waals surface area contributed by atoms with Gasteiger partial charge < -0.3 is 30.1 Å². The molecule has 1 spiro atoms. The maximum absolute atomic E-state index is 14.1. The first-order valence-electron chi connectivity index (χ1n) is 15.3. The summed E-state index contributed by atoms with van der Waals surface area (Å²) in [5.41, 5.74) is -0.877. The van der Waals surface area contributed by atoms with Crippen LogP contribution in [0.25, 0.3) is 0 Å². The van der Waals surface area contributed by atoms with Crippen molar-refractivity contribution in [1.82, 2.24) is 10.2 Å². The number of likely N-dealkylation sites (tertiary alicyclic amines) is 1. The third kappa shape index (κ3) is 6.72. The number of ether oxygens (including phenoxy) is 2. The Morgan fingerprint density at radius 3 is 2.39 bits per heavy atom. The first-order chi connectivity index (χ1) is 19.3. The van der Waals surface area contributed by atoms with Crippen molar-refractivity contribution in [3.05, 3.63) is 24.3 Å². The van der Waals surface area contributed by atoms with Gasteiger partial charge >= 0.3 is 0 Å². The Bertz CT molecular complexity index is 1100. The van der Waals surface area contributed by atoms with Gasteiger partial charge in [0.15, 0.2) is 0 Å². The second kappa shape index (κ2) is 12.3. The van der Waals surface area contributed by atoms with Gasteiger partial charge in [-0.05, 0) is 82.6 Å². The topological polar surface area (TPSA) is 117 Å². The van der Waals surface area contributed by atoms with Crippen LogP contribution in [0.15, 0.2) is 24.3 Å². The summed E-state index contributed by atoms with van der Waals surface area (Å²) in [5.74, 6) is -1.29. The number of fused-ring (bicyclic) bond motifs is 1. The number of carbonyl (C=O) groups is 3. The molecule has 1 aromatic rings. The first kappa shape index (κ1) is 31.3. The molecule has 3 heterocycles. The maximum atomic E-state index is 14.1. The highest BCUT2D eigenvalue weighted by atomic mass is 16.5. The van der Waals surface area contributed by atoms with Crippen molar-refractivity contribution in [1.29, 1.82) is 0 Å². The highest BCUT2D eigenvalue weighted by molar-refractivity contribution is 6.02. The van der Waals surface area contributed by atoms with E-state index in [0.29, 0.717) is 38.1 Å². The molecule has 3 aliphatic rings. The SMILES string of the molecule is CCOc1ccc(NC(=O)[C@@H]2[C@@H]3CCC4(O3)C(C(=O)NC(C)(C)CC(C)(C)C)N(CCCCCCO)C(=O)[C@H]24)cc1. The van der Waals surface area contributed by atoms with E-state index in [9.17, 15) is 14.4 Å². The molecule has 0 aromatic heterocycles. The van der Waals surface area contributed by atoms with E-state index in [1.165, 1.54) is 0 Å². The van der Waals surface area contributed by atoms with Crippen LogP contribution >= 0.6 is 0 Å². The van der Waals surface area contributed by atoms with Gasteiger partial charge in [0, 0.05) is 24.4 Å². The van der Waals surface area contributed by atoms with E-state index in [-0.39, 0.29) is 29.7 Å². The van der Waals surface area contributed by atoms with Gasteiger partial charge in [0.1, 0.15) is 17.4 Å². The van der Waals surface area contributed by atoms with Gasteiger partial charge in [-0.15, -0.1) is 0 Å². The van der Waals surface area contributed by atoms with E-state index in [1.807, 2.05) is 20.8 Å². The van der Waals surface area contributed by atoms with Gasteiger partial charge in [-0.3, -0.25) is 14.4 Å². The first-order valence-corrected chi connectivity index (χ1v) is 15.3. The van der Waals surface area contributed by atoms with E-state index in [1.54, 1.807) is 29.2 Å². The van der Waals surface area contributed by atoms with Crippen LogP contribution in [-0.4, -0.2) is 70.8 Å². The van der Waals surface area contributed by atoms with Crippen molar-refractivity contribution in [3.63, 3.8) is 0 Å². The average Bonchev–Trinajstić information content (AvgIpc) is 3.51. The van der Waals surface area contributed by atoms with Gasteiger partial charge in [-0.2, -0.15) is 0 Å². The molecule has 5 atom stereocenters. The lowest BCUT2D eigenvalue weighted by atomic mass is 9.70. The summed E-state index contributed by atoms with van der Waals surface area (Å²) >= 11 is 0. The molecular formula is C32H49N3O6. The van der Waals surface area contributed by atoms with Crippen LogP contribution < -0.4 is 15.4 Å². The molecule has 1 aromatic carbocycles. The Balaban J connectivity index is 1.58. The minimum absolute atomic E-state index is 0.00184. The molecule has 9 nitrogen and oxygen atoms in total. The maximum Gasteiger partial charge on any atom is 0.246 e. The minimum atomic E-state index is -1.02. The zero-order valence-electron chi connectivity index (χ0n) is 25.6. The molecule has 2 unspecified atom stereocenters. The normalized spacial score (nSPS) is 27.2. The van der Waals surface area contributed by atoms with Crippen molar-refractivity contribution in [2.45, 2.75) is 110 Å². The zero-order valence-corrected chi connectivity index (χ0v) is 25.6. The fourth-order valence-electron chi connectivity index (χ4n) is 7.54. The summed E-state index contributed by atoms with van der Waals surface area (Å²) in [7, 11) is 0.